The van der Waals surface area contributed by atoms with Crippen molar-refractivity contribution in [1.29, 1.82) is 0 Å². The quantitative estimate of drug-likeness (QED) is 0.339. The molecule has 1 aromatic heterocycles. The number of hydrogen-bond acceptors (Lipinski definition) is 5. The highest BCUT2D eigenvalue weighted by Gasteiger charge is 2.21. The molecular weight excluding hydrogens is 398 g/mol. The Kier molecular flexibility index (Phi) is 6.72. The monoisotopic (exact) mass is 423 g/mol. The number of fused-ring (bicyclic) bond motifs is 1. The Balaban J connectivity index is 1.86. The van der Waals surface area contributed by atoms with Crippen molar-refractivity contribution in [2.24, 2.45) is 0 Å². The van der Waals surface area contributed by atoms with Crippen molar-refractivity contribution in [2.75, 3.05) is 5.32 Å². The lowest BCUT2D eigenvalue weighted by Crippen LogP contribution is -2.28. The lowest BCUT2D eigenvalue weighted by molar-refractivity contribution is -0.115. The number of para-hydroxylation sites is 1. The van der Waals surface area contributed by atoms with Crippen LogP contribution in [0.4, 0.5) is 5.69 Å². The van der Waals surface area contributed by atoms with Crippen LogP contribution in [0.3, 0.4) is 0 Å². The number of thioether (sulfide) groups is 1. The maximum Gasteiger partial charge on any atom is 0.262 e. The van der Waals surface area contributed by atoms with Crippen LogP contribution in [0.5, 0.6) is 0 Å². The molecule has 0 spiro atoms. The van der Waals surface area contributed by atoms with Gasteiger partial charge in [0.25, 0.3) is 5.56 Å². The Bertz CT molecular complexity index is 1140. The van der Waals surface area contributed by atoms with Gasteiger partial charge in [-0.3, -0.25) is 19.0 Å². The number of ketones is 1. The zero-order chi connectivity index (χ0) is 21.8. The number of carbonyl (C=O) groups excluding carboxylic acids is 2. The van der Waals surface area contributed by atoms with Crippen molar-refractivity contribution < 1.29 is 9.59 Å². The van der Waals surface area contributed by atoms with Crippen LogP contribution in [0.25, 0.3) is 10.9 Å². The van der Waals surface area contributed by atoms with E-state index in [1.165, 1.54) is 18.7 Å². The summed E-state index contributed by atoms with van der Waals surface area (Å²) in [5.41, 5.74) is 1.73. The highest BCUT2D eigenvalue weighted by Crippen LogP contribution is 2.26. The third kappa shape index (κ3) is 4.62. The molecule has 0 saturated carbocycles. The fraction of sp³-hybridized carbons (Fsp3) is 0.304. The molecule has 0 unspecified atom stereocenters. The summed E-state index contributed by atoms with van der Waals surface area (Å²) < 4.78 is 1.68. The van der Waals surface area contributed by atoms with Crippen LogP contribution in [0.15, 0.2) is 58.5 Å². The minimum Gasteiger partial charge on any atom is -0.325 e. The number of nitrogens with one attached hydrogen (secondary N) is 1. The van der Waals surface area contributed by atoms with E-state index in [9.17, 15) is 14.4 Å². The summed E-state index contributed by atoms with van der Waals surface area (Å²) in [6, 6.07) is 14.0. The van der Waals surface area contributed by atoms with Gasteiger partial charge in [-0.1, -0.05) is 30.8 Å². The van der Waals surface area contributed by atoms with Crippen molar-refractivity contribution in [1.82, 2.24) is 9.55 Å². The molecule has 1 N–H and O–H groups in total. The van der Waals surface area contributed by atoms with E-state index >= 15 is 0 Å². The second-order valence-corrected chi connectivity index (χ2v) is 8.53. The number of benzene rings is 2. The van der Waals surface area contributed by atoms with Gasteiger partial charge in [-0.2, -0.15) is 0 Å². The first-order valence-electron chi connectivity index (χ1n) is 9.91. The molecule has 0 aliphatic heterocycles. The molecule has 1 heterocycles. The third-order valence-electron chi connectivity index (χ3n) is 5.02. The third-order valence-corrected chi connectivity index (χ3v) is 6.08. The Labute approximate surface area is 179 Å². The average molecular weight is 424 g/mol. The number of aromatic nitrogens is 2. The Hall–Kier alpha value is -2.93. The zero-order valence-electron chi connectivity index (χ0n) is 17.5. The fourth-order valence-electron chi connectivity index (χ4n) is 3.02. The highest BCUT2D eigenvalue weighted by molar-refractivity contribution is 8.00. The van der Waals surface area contributed by atoms with Crippen LogP contribution >= 0.6 is 11.8 Å². The number of carbonyl (C=O) groups is 2. The predicted octanol–water partition coefficient (Wildman–Crippen LogP) is 4.69. The molecule has 3 rings (SSSR count). The number of hydrogen-bond donors (Lipinski definition) is 1. The van der Waals surface area contributed by atoms with Crippen LogP contribution < -0.4 is 10.9 Å². The molecule has 6 nitrogen and oxygen atoms in total. The van der Waals surface area contributed by atoms with Gasteiger partial charge in [-0.15, -0.1) is 0 Å². The second-order valence-electron chi connectivity index (χ2n) is 7.23. The minimum atomic E-state index is -0.471. The number of rotatable bonds is 7. The first-order valence-corrected chi connectivity index (χ1v) is 10.8. The average Bonchev–Trinajstić information content (AvgIpc) is 2.73. The first kappa shape index (κ1) is 21.8. The fourth-order valence-corrected chi connectivity index (χ4v) is 4.03. The lowest BCUT2D eigenvalue weighted by Gasteiger charge is -2.20. The molecule has 7 heteroatoms. The smallest absolute Gasteiger partial charge is 0.262 e. The summed E-state index contributed by atoms with van der Waals surface area (Å²) >= 11 is 1.26. The van der Waals surface area contributed by atoms with E-state index in [0.717, 1.165) is 6.42 Å². The number of nitrogens with zero attached hydrogens (tertiary/aromatic N) is 2. The summed E-state index contributed by atoms with van der Waals surface area (Å²) in [7, 11) is 0. The molecule has 156 valence electrons. The van der Waals surface area contributed by atoms with E-state index in [1.54, 1.807) is 41.8 Å². The molecule has 0 aliphatic carbocycles. The predicted molar refractivity (Wildman–Crippen MR) is 121 cm³/mol. The summed E-state index contributed by atoms with van der Waals surface area (Å²) in [4.78, 5) is 41.9. The minimum absolute atomic E-state index is 0.0257. The molecule has 1 amide bonds. The highest BCUT2D eigenvalue weighted by atomic mass is 32.2. The van der Waals surface area contributed by atoms with E-state index < -0.39 is 5.25 Å². The summed E-state index contributed by atoms with van der Waals surface area (Å²) in [6.07, 6.45) is 0.774. The maximum atomic E-state index is 13.1. The SMILES string of the molecule is CC[C@@H](C)n1c(S[C@H](C)C(=O)Nc2ccc(C(C)=O)cc2)nc2ccccc2c1=O. The molecule has 30 heavy (non-hydrogen) atoms. The van der Waals surface area contributed by atoms with Gasteiger partial charge in [0.15, 0.2) is 10.9 Å². The first-order chi connectivity index (χ1) is 14.3. The van der Waals surface area contributed by atoms with Crippen LogP contribution in [0.1, 0.15) is 50.5 Å². The van der Waals surface area contributed by atoms with Crippen LogP contribution in [-0.2, 0) is 4.79 Å². The van der Waals surface area contributed by atoms with E-state index in [2.05, 4.69) is 10.3 Å². The summed E-state index contributed by atoms with van der Waals surface area (Å²) in [6.45, 7) is 7.27. The molecule has 0 fully saturated rings. The summed E-state index contributed by atoms with van der Waals surface area (Å²) in [5.74, 6) is -0.226. The van der Waals surface area contributed by atoms with E-state index in [-0.39, 0.29) is 23.3 Å². The number of anilines is 1. The topological polar surface area (TPSA) is 81.1 Å². The van der Waals surface area contributed by atoms with Crippen molar-refractivity contribution in [2.45, 2.75) is 50.6 Å². The van der Waals surface area contributed by atoms with Gasteiger partial charge in [0.05, 0.1) is 16.2 Å². The van der Waals surface area contributed by atoms with Gasteiger partial charge >= 0.3 is 0 Å². The van der Waals surface area contributed by atoms with Crippen LogP contribution in [-0.4, -0.2) is 26.5 Å². The Morgan fingerprint density at radius 2 is 1.77 bits per heavy atom. The van der Waals surface area contributed by atoms with Crippen LogP contribution in [0.2, 0.25) is 0 Å². The van der Waals surface area contributed by atoms with Crippen molar-refractivity contribution in [3.63, 3.8) is 0 Å². The molecule has 2 aromatic carbocycles. The second kappa shape index (κ2) is 9.26. The van der Waals surface area contributed by atoms with Gasteiger partial charge in [0.1, 0.15) is 0 Å². The normalized spacial score (nSPS) is 13.1. The number of Topliss-reactive ketones (excluding diaryl/α,β-unsaturated/α-hetero) is 1. The summed E-state index contributed by atoms with van der Waals surface area (Å²) in [5, 5.41) is 3.49. The van der Waals surface area contributed by atoms with E-state index in [1.807, 2.05) is 32.0 Å². The molecule has 0 radical (unpaired) electrons. The van der Waals surface area contributed by atoms with Crippen molar-refractivity contribution >= 4 is 40.0 Å². The molecule has 0 aliphatic rings. The van der Waals surface area contributed by atoms with E-state index in [0.29, 0.717) is 27.3 Å². The van der Waals surface area contributed by atoms with Gasteiger partial charge < -0.3 is 5.32 Å². The molecular formula is C23H25N3O3S. The number of amides is 1. The van der Waals surface area contributed by atoms with E-state index in [4.69, 9.17) is 0 Å². The van der Waals surface area contributed by atoms with Gasteiger partial charge in [0.2, 0.25) is 5.91 Å². The zero-order valence-corrected chi connectivity index (χ0v) is 18.3. The Morgan fingerprint density at radius 3 is 2.40 bits per heavy atom. The molecule has 0 bridgehead atoms. The molecule has 3 aromatic rings. The lowest BCUT2D eigenvalue weighted by atomic mass is 10.1. The largest absolute Gasteiger partial charge is 0.325 e. The molecule has 0 saturated heterocycles. The van der Waals surface area contributed by atoms with Gasteiger partial charge in [0, 0.05) is 17.3 Å². The standard InChI is InChI=1S/C23H25N3O3S/c1-5-14(2)26-22(29)19-8-6-7-9-20(19)25-23(26)30-16(4)21(28)24-18-12-10-17(11-13-18)15(3)27/h6-14,16H,5H2,1-4H3,(H,24,28)/t14-,16-/m1/s1. The van der Waals surface area contributed by atoms with Crippen LogP contribution in [0, 0.1) is 0 Å². The van der Waals surface area contributed by atoms with Crippen molar-refractivity contribution in [3.8, 4) is 0 Å². The van der Waals surface area contributed by atoms with Gasteiger partial charge in [-0.25, -0.2) is 4.98 Å². The Morgan fingerprint density at radius 1 is 1.10 bits per heavy atom. The van der Waals surface area contributed by atoms with Gasteiger partial charge in [-0.05, 0) is 63.6 Å². The maximum absolute atomic E-state index is 13.1. The molecule has 2 atom stereocenters. The van der Waals surface area contributed by atoms with Crippen molar-refractivity contribution in [3.05, 3.63) is 64.4 Å².